The van der Waals surface area contributed by atoms with E-state index in [4.69, 9.17) is 4.74 Å². The zero-order valence-corrected chi connectivity index (χ0v) is 12.2. The Labute approximate surface area is 131 Å². The summed E-state index contributed by atoms with van der Waals surface area (Å²) in [5.74, 6) is -0.726. The summed E-state index contributed by atoms with van der Waals surface area (Å²) in [6, 6.07) is 9.97. The van der Waals surface area contributed by atoms with E-state index in [1.54, 1.807) is 6.07 Å². The Bertz CT molecular complexity index is 736. The van der Waals surface area contributed by atoms with Crippen molar-refractivity contribution in [1.82, 2.24) is 0 Å². The first-order valence-corrected chi connectivity index (χ1v) is 6.62. The number of benzene rings is 2. The van der Waals surface area contributed by atoms with Gasteiger partial charge in [0.2, 0.25) is 5.91 Å². The average molecular weight is 319 g/mol. The van der Waals surface area contributed by atoms with Gasteiger partial charge < -0.3 is 15.4 Å². The zero-order chi connectivity index (χ0) is 16.8. The van der Waals surface area contributed by atoms with Crippen LogP contribution in [0.1, 0.15) is 0 Å². The van der Waals surface area contributed by atoms with Crippen molar-refractivity contribution in [2.45, 2.75) is 0 Å². The number of rotatable bonds is 6. The van der Waals surface area contributed by atoms with Crippen LogP contribution >= 0.6 is 0 Å². The molecule has 0 saturated carbocycles. The molecule has 0 heterocycles. The molecule has 2 N–H and O–H groups in total. The van der Waals surface area contributed by atoms with Crippen LogP contribution in [0, 0.1) is 15.9 Å². The lowest BCUT2D eigenvalue weighted by atomic mass is 10.2. The molecule has 0 aliphatic rings. The molecule has 0 radical (unpaired) electrons. The van der Waals surface area contributed by atoms with Gasteiger partial charge in [-0.3, -0.25) is 14.9 Å². The van der Waals surface area contributed by atoms with Crippen molar-refractivity contribution in [3.05, 3.63) is 58.4 Å². The maximum absolute atomic E-state index is 13.4. The third kappa shape index (κ3) is 4.16. The van der Waals surface area contributed by atoms with Gasteiger partial charge in [-0.1, -0.05) is 12.1 Å². The monoisotopic (exact) mass is 319 g/mol. The lowest BCUT2D eigenvalue weighted by Crippen LogP contribution is -2.22. The van der Waals surface area contributed by atoms with E-state index < -0.39 is 16.6 Å². The fourth-order valence-electron chi connectivity index (χ4n) is 1.87. The zero-order valence-electron chi connectivity index (χ0n) is 12.2. The van der Waals surface area contributed by atoms with Crippen LogP contribution in [0.25, 0.3) is 0 Å². The Kier molecular flexibility index (Phi) is 5.08. The van der Waals surface area contributed by atoms with Gasteiger partial charge in [0.05, 0.1) is 30.3 Å². The molecule has 23 heavy (non-hydrogen) atoms. The van der Waals surface area contributed by atoms with E-state index in [9.17, 15) is 19.3 Å². The minimum Gasteiger partial charge on any atom is -0.496 e. The smallest absolute Gasteiger partial charge is 0.296 e. The Morgan fingerprint density at radius 3 is 2.65 bits per heavy atom. The summed E-state index contributed by atoms with van der Waals surface area (Å²) in [5.41, 5.74) is -0.0772. The quantitative estimate of drug-likeness (QED) is 0.631. The first-order chi connectivity index (χ1) is 11.0. The van der Waals surface area contributed by atoms with Gasteiger partial charge in [-0.15, -0.1) is 0 Å². The molecular weight excluding hydrogens is 305 g/mol. The maximum atomic E-state index is 13.4. The minimum absolute atomic E-state index is 0.0381. The number of ether oxygens (including phenoxy) is 1. The number of amides is 1. The van der Waals surface area contributed by atoms with Crippen molar-refractivity contribution in [1.29, 1.82) is 0 Å². The first kappa shape index (κ1) is 16.2. The molecule has 0 bridgehead atoms. The van der Waals surface area contributed by atoms with Gasteiger partial charge in [-0.05, 0) is 24.3 Å². The van der Waals surface area contributed by atoms with E-state index in [0.717, 1.165) is 0 Å². The molecule has 0 aliphatic heterocycles. The molecule has 0 atom stereocenters. The number of nitrogens with one attached hydrogen (secondary N) is 2. The number of hydrogen-bond donors (Lipinski definition) is 2. The highest BCUT2D eigenvalue weighted by Gasteiger charge is 2.17. The molecule has 7 nitrogen and oxygen atoms in total. The van der Waals surface area contributed by atoms with E-state index in [-0.39, 0.29) is 23.6 Å². The predicted molar refractivity (Wildman–Crippen MR) is 83.2 cm³/mol. The Morgan fingerprint density at radius 1 is 1.26 bits per heavy atom. The van der Waals surface area contributed by atoms with Crippen LogP contribution in [0.15, 0.2) is 42.5 Å². The lowest BCUT2D eigenvalue weighted by molar-refractivity contribution is -0.384. The van der Waals surface area contributed by atoms with Gasteiger partial charge in [0.15, 0.2) is 0 Å². The average Bonchev–Trinajstić information content (AvgIpc) is 2.54. The number of para-hydroxylation sites is 1. The van der Waals surface area contributed by atoms with Gasteiger partial charge in [-0.2, -0.15) is 0 Å². The summed E-state index contributed by atoms with van der Waals surface area (Å²) in [6.45, 7) is -0.232. The number of hydrogen-bond acceptors (Lipinski definition) is 5. The second kappa shape index (κ2) is 7.21. The number of nitrogens with zero attached hydrogens (tertiary/aromatic N) is 1. The minimum atomic E-state index is -0.623. The molecule has 2 aromatic rings. The van der Waals surface area contributed by atoms with E-state index in [0.29, 0.717) is 5.75 Å². The summed E-state index contributed by atoms with van der Waals surface area (Å²) >= 11 is 0. The van der Waals surface area contributed by atoms with Crippen molar-refractivity contribution < 1.29 is 18.8 Å². The molecule has 120 valence electrons. The highest BCUT2D eigenvalue weighted by molar-refractivity contribution is 5.95. The fourth-order valence-corrected chi connectivity index (χ4v) is 1.87. The molecule has 0 aliphatic carbocycles. The molecule has 1 amide bonds. The van der Waals surface area contributed by atoms with Crippen molar-refractivity contribution in [3.63, 3.8) is 0 Å². The van der Waals surface area contributed by atoms with Crippen LogP contribution in [-0.4, -0.2) is 24.5 Å². The second-order valence-corrected chi connectivity index (χ2v) is 4.52. The number of carbonyl (C=O) groups excluding carboxylic acids is 1. The molecule has 2 rings (SSSR count). The molecule has 8 heteroatoms. The molecule has 0 spiro atoms. The molecule has 0 fully saturated rings. The highest BCUT2D eigenvalue weighted by Crippen LogP contribution is 2.28. The van der Waals surface area contributed by atoms with Crippen LogP contribution in [0.5, 0.6) is 5.75 Å². The van der Waals surface area contributed by atoms with E-state index in [2.05, 4.69) is 10.6 Å². The van der Waals surface area contributed by atoms with Crippen molar-refractivity contribution >= 4 is 23.0 Å². The number of nitro benzene ring substituents is 1. The fraction of sp³-hybridized carbons (Fsp3) is 0.133. The largest absolute Gasteiger partial charge is 0.496 e. The normalized spacial score (nSPS) is 10.0. The second-order valence-electron chi connectivity index (χ2n) is 4.52. The van der Waals surface area contributed by atoms with E-state index in [1.807, 2.05) is 0 Å². The molecule has 0 saturated heterocycles. The number of carbonyl (C=O) groups is 1. The van der Waals surface area contributed by atoms with Crippen molar-refractivity contribution in [3.8, 4) is 5.75 Å². The summed E-state index contributed by atoms with van der Waals surface area (Å²) in [6.07, 6.45) is 0. The van der Waals surface area contributed by atoms with Gasteiger partial charge in [0.25, 0.3) is 5.69 Å². The van der Waals surface area contributed by atoms with Gasteiger partial charge in [0.1, 0.15) is 17.3 Å². The highest BCUT2D eigenvalue weighted by atomic mass is 19.1. The Balaban J connectivity index is 2.05. The Morgan fingerprint density at radius 2 is 2.00 bits per heavy atom. The van der Waals surface area contributed by atoms with Gasteiger partial charge in [0, 0.05) is 0 Å². The summed E-state index contributed by atoms with van der Waals surface area (Å²) < 4.78 is 18.3. The molecule has 0 aromatic heterocycles. The Hall–Kier alpha value is -3.16. The lowest BCUT2D eigenvalue weighted by Gasteiger charge is -2.09. The number of halogens is 1. The topological polar surface area (TPSA) is 93.5 Å². The number of anilines is 2. The van der Waals surface area contributed by atoms with Crippen LogP contribution in [0.3, 0.4) is 0 Å². The molecular formula is C15H14FN3O4. The SMILES string of the molecule is COc1ccc(NC(=O)CNc2ccccc2F)c([N+](=O)[O-])c1. The van der Waals surface area contributed by atoms with Crippen LogP contribution in [-0.2, 0) is 4.79 Å². The van der Waals surface area contributed by atoms with Gasteiger partial charge in [-0.25, -0.2) is 4.39 Å². The maximum Gasteiger partial charge on any atom is 0.296 e. The van der Waals surface area contributed by atoms with Gasteiger partial charge >= 0.3 is 0 Å². The summed E-state index contributed by atoms with van der Waals surface area (Å²) in [7, 11) is 1.38. The van der Waals surface area contributed by atoms with Crippen LogP contribution < -0.4 is 15.4 Å². The third-order valence-electron chi connectivity index (χ3n) is 2.99. The number of nitro groups is 1. The van der Waals surface area contributed by atoms with Crippen molar-refractivity contribution in [2.24, 2.45) is 0 Å². The summed E-state index contributed by atoms with van der Waals surface area (Å²) in [4.78, 5) is 22.3. The molecule has 2 aromatic carbocycles. The predicted octanol–water partition coefficient (Wildman–Crippen LogP) is 2.79. The van der Waals surface area contributed by atoms with E-state index >= 15 is 0 Å². The van der Waals surface area contributed by atoms with Crippen molar-refractivity contribution in [2.75, 3.05) is 24.3 Å². The van der Waals surface area contributed by atoms with Crippen LogP contribution in [0.2, 0.25) is 0 Å². The van der Waals surface area contributed by atoms with Crippen LogP contribution in [0.4, 0.5) is 21.5 Å². The standard InChI is InChI=1S/C15H14FN3O4/c1-23-10-6-7-13(14(8-10)19(21)22)18-15(20)9-17-12-5-3-2-4-11(12)16/h2-8,17H,9H2,1H3,(H,18,20). The third-order valence-corrected chi connectivity index (χ3v) is 2.99. The number of methoxy groups -OCH3 is 1. The van der Waals surface area contributed by atoms with E-state index in [1.165, 1.54) is 43.5 Å². The summed E-state index contributed by atoms with van der Waals surface area (Å²) in [5, 5.41) is 16.1. The molecule has 0 unspecified atom stereocenters. The first-order valence-electron chi connectivity index (χ1n) is 6.62.